The van der Waals surface area contributed by atoms with E-state index in [1.807, 2.05) is 6.07 Å². The molecule has 0 unspecified atom stereocenters. The first-order valence-corrected chi connectivity index (χ1v) is 7.89. The van der Waals surface area contributed by atoms with Crippen LogP contribution in [0.5, 0.6) is 5.88 Å². The third-order valence-corrected chi connectivity index (χ3v) is 3.69. The Balaban J connectivity index is 1.85. The van der Waals surface area contributed by atoms with E-state index >= 15 is 0 Å². The summed E-state index contributed by atoms with van der Waals surface area (Å²) in [4.78, 5) is 41.8. The molecule has 2 heterocycles. The zero-order valence-corrected chi connectivity index (χ0v) is 14.0. The lowest BCUT2D eigenvalue weighted by Crippen LogP contribution is -2.32. The Morgan fingerprint density at radius 2 is 1.89 bits per heavy atom. The largest absolute Gasteiger partial charge is 0.494 e. The van der Waals surface area contributed by atoms with Gasteiger partial charge in [-0.15, -0.1) is 0 Å². The number of H-pyrrole nitrogens is 1. The van der Waals surface area contributed by atoms with Gasteiger partial charge >= 0.3 is 5.69 Å². The zero-order valence-electron chi connectivity index (χ0n) is 14.0. The zero-order chi connectivity index (χ0) is 19.2. The molecule has 3 aromatic rings. The van der Waals surface area contributed by atoms with Crippen molar-refractivity contribution in [3.05, 3.63) is 92.4 Å². The van der Waals surface area contributed by atoms with Crippen LogP contribution in [0.1, 0.15) is 21.5 Å². The van der Waals surface area contributed by atoms with Crippen LogP contribution in [0.2, 0.25) is 0 Å². The lowest BCUT2D eigenvalue weighted by Gasteiger charge is -2.09. The number of aromatic nitrogens is 3. The standard InChI is InChI=1S/C18H15N5O4/c24-15(13-6-8-19-9-7-13)22-20-10-14-16(25)21-18(27)23(17(14)26)11-12-4-2-1-3-5-12/h1-10,26H,11H2,(H,22,24)(H,21,25,27)/b20-10+. The summed E-state index contributed by atoms with van der Waals surface area (Å²) in [6.45, 7) is 0.0620. The number of pyridine rings is 1. The first-order chi connectivity index (χ1) is 13.1. The molecule has 9 nitrogen and oxygen atoms in total. The number of nitrogens with zero attached hydrogens (tertiary/aromatic N) is 3. The summed E-state index contributed by atoms with van der Waals surface area (Å²) < 4.78 is 1.00. The van der Waals surface area contributed by atoms with Gasteiger partial charge in [0.15, 0.2) is 0 Å². The van der Waals surface area contributed by atoms with Crippen LogP contribution in [0.15, 0.2) is 69.5 Å². The van der Waals surface area contributed by atoms with Crippen molar-refractivity contribution in [2.45, 2.75) is 6.54 Å². The van der Waals surface area contributed by atoms with E-state index in [1.54, 1.807) is 24.3 Å². The highest BCUT2D eigenvalue weighted by Gasteiger charge is 2.13. The highest BCUT2D eigenvalue weighted by Crippen LogP contribution is 2.10. The maximum Gasteiger partial charge on any atom is 0.331 e. The van der Waals surface area contributed by atoms with Gasteiger partial charge in [-0.05, 0) is 17.7 Å². The number of rotatable bonds is 5. The maximum absolute atomic E-state index is 12.0. The number of aromatic amines is 1. The summed E-state index contributed by atoms with van der Waals surface area (Å²) in [5, 5.41) is 14.0. The fourth-order valence-electron chi connectivity index (χ4n) is 2.33. The molecule has 136 valence electrons. The second kappa shape index (κ2) is 7.91. The Hall–Kier alpha value is -4.01. The fourth-order valence-corrected chi connectivity index (χ4v) is 2.33. The van der Waals surface area contributed by atoms with Crippen LogP contribution in [-0.2, 0) is 6.54 Å². The molecule has 9 heteroatoms. The predicted molar refractivity (Wildman–Crippen MR) is 97.8 cm³/mol. The second-order valence-electron chi connectivity index (χ2n) is 5.50. The summed E-state index contributed by atoms with van der Waals surface area (Å²) in [5.41, 5.74) is 1.51. The molecule has 2 aromatic heterocycles. The van der Waals surface area contributed by atoms with Crippen LogP contribution in [0.3, 0.4) is 0 Å². The van der Waals surface area contributed by atoms with Gasteiger partial charge in [-0.3, -0.25) is 24.1 Å². The maximum atomic E-state index is 12.0. The lowest BCUT2D eigenvalue weighted by molar-refractivity contribution is 0.0955. The molecular weight excluding hydrogens is 350 g/mol. The molecule has 0 bridgehead atoms. The summed E-state index contributed by atoms with van der Waals surface area (Å²) in [7, 11) is 0. The van der Waals surface area contributed by atoms with Gasteiger partial charge < -0.3 is 5.11 Å². The molecule has 0 aliphatic rings. The Kier molecular flexibility index (Phi) is 5.22. The molecule has 3 rings (SSSR count). The van der Waals surface area contributed by atoms with E-state index in [1.165, 1.54) is 24.5 Å². The van der Waals surface area contributed by atoms with Crippen molar-refractivity contribution in [1.82, 2.24) is 20.0 Å². The first kappa shape index (κ1) is 17.8. The number of hydrogen-bond donors (Lipinski definition) is 3. The number of carbonyl (C=O) groups excluding carboxylic acids is 1. The SMILES string of the molecule is O=C(N/N=C/c1c(O)n(Cc2ccccc2)c(=O)[nH]c1=O)c1ccncc1. The van der Waals surface area contributed by atoms with Crippen molar-refractivity contribution >= 4 is 12.1 Å². The molecule has 0 aliphatic heterocycles. The van der Waals surface area contributed by atoms with Crippen LogP contribution in [0, 0.1) is 0 Å². The minimum Gasteiger partial charge on any atom is -0.494 e. The molecule has 0 atom stereocenters. The number of benzene rings is 1. The van der Waals surface area contributed by atoms with E-state index in [4.69, 9.17) is 0 Å². The van der Waals surface area contributed by atoms with Crippen molar-refractivity contribution in [1.29, 1.82) is 0 Å². The van der Waals surface area contributed by atoms with Crippen molar-refractivity contribution in [3.8, 4) is 5.88 Å². The van der Waals surface area contributed by atoms with Crippen LogP contribution >= 0.6 is 0 Å². The first-order valence-electron chi connectivity index (χ1n) is 7.89. The van der Waals surface area contributed by atoms with E-state index in [-0.39, 0.29) is 12.1 Å². The topological polar surface area (TPSA) is 129 Å². The van der Waals surface area contributed by atoms with Crippen molar-refractivity contribution in [3.63, 3.8) is 0 Å². The van der Waals surface area contributed by atoms with Gasteiger partial charge in [0.2, 0.25) is 5.88 Å². The number of nitrogens with one attached hydrogen (secondary N) is 2. The highest BCUT2D eigenvalue weighted by atomic mass is 16.3. The lowest BCUT2D eigenvalue weighted by atomic mass is 10.2. The van der Waals surface area contributed by atoms with E-state index in [0.717, 1.165) is 16.3 Å². The molecule has 0 radical (unpaired) electrons. The smallest absolute Gasteiger partial charge is 0.331 e. The second-order valence-corrected chi connectivity index (χ2v) is 5.50. The van der Waals surface area contributed by atoms with Gasteiger partial charge in [0.05, 0.1) is 12.8 Å². The van der Waals surface area contributed by atoms with Crippen molar-refractivity contribution in [2.24, 2.45) is 5.10 Å². The van der Waals surface area contributed by atoms with E-state index in [0.29, 0.717) is 5.56 Å². The Morgan fingerprint density at radius 1 is 1.19 bits per heavy atom. The van der Waals surface area contributed by atoms with Gasteiger partial charge in [0, 0.05) is 18.0 Å². The number of hydrazone groups is 1. The third kappa shape index (κ3) is 4.15. The predicted octanol–water partition coefficient (Wildman–Crippen LogP) is 0.449. The molecule has 0 saturated carbocycles. The van der Waals surface area contributed by atoms with Crippen LogP contribution in [0.25, 0.3) is 0 Å². The van der Waals surface area contributed by atoms with Crippen molar-refractivity contribution < 1.29 is 9.90 Å². The van der Waals surface area contributed by atoms with Gasteiger partial charge in [-0.25, -0.2) is 10.2 Å². The number of hydrogen-bond acceptors (Lipinski definition) is 6. The van der Waals surface area contributed by atoms with Crippen LogP contribution in [0.4, 0.5) is 0 Å². The average Bonchev–Trinajstić information content (AvgIpc) is 2.69. The highest BCUT2D eigenvalue weighted by molar-refractivity contribution is 5.94. The molecule has 27 heavy (non-hydrogen) atoms. The number of carbonyl (C=O) groups is 1. The molecular formula is C18H15N5O4. The fraction of sp³-hybridized carbons (Fsp3) is 0.0556. The van der Waals surface area contributed by atoms with Gasteiger partial charge in [0.25, 0.3) is 11.5 Å². The summed E-state index contributed by atoms with van der Waals surface area (Å²) >= 11 is 0. The van der Waals surface area contributed by atoms with E-state index < -0.39 is 23.0 Å². The minimum atomic E-state index is -0.816. The normalized spacial score (nSPS) is 10.8. The Labute approximate surface area is 152 Å². The molecule has 0 saturated heterocycles. The monoisotopic (exact) mass is 365 g/mol. The quantitative estimate of drug-likeness (QED) is 0.446. The molecule has 1 aromatic carbocycles. The minimum absolute atomic E-state index is 0.0620. The van der Waals surface area contributed by atoms with Gasteiger partial charge in [-0.2, -0.15) is 5.10 Å². The van der Waals surface area contributed by atoms with Crippen LogP contribution in [-0.4, -0.2) is 31.8 Å². The summed E-state index contributed by atoms with van der Waals surface area (Å²) in [5.74, 6) is -1.06. The summed E-state index contributed by atoms with van der Waals surface area (Å²) in [6, 6.07) is 12.0. The number of aromatic hydroxyl groups is 1. The summed E-state index contributed by atoms with van der Waals surface area (Å²) in [6.07, 6.45) is 3.89. The van der Waals surface area contributed by atoms with E-state index in [2.05, 4.69) is 20.5 Å². The molecule has 3 N–H and O–H groups in total. The molecule has 1 amide bonds. The van der Waals surface area contributed by atoms with Crippen LogP contribution < -0.4 is 16.7 Å². The average molecular weight is 365 g/mol. The third-order valence-electron chi connectivity index (χ3n) is 3.69. The molecule has 0 fully saturated rings. The molecule has 0 aliphatic carbocycles. The van der Waals surface area contributed by atoms with Gasteiger partial charge in [0.1, 0.15) is 5.56 Å². The number of amides is 1. The molecule has 0 spiro atoms. The Morgan fingerprint density at radius 3 is 2.59 bits per heavy atom. The van der Waals surface area contributed by atoms with Gasteiger partial charge in [-0.1, -0.05) is 30.3 Å². The van der Waals surface area contributed by atoms with E-state index in [9.17, 15) is 19.5 Å². The van der Waals surface area contributed by atoms with Crippen molar-refractivity contribution in [2.75, 3.05) is 0 Å². The Bertz CT molecular complexity index is 1090.